The van der Waals surface area contributed by atoms with Crippen LogP contribution in [0.4, 0.5) is 19.1 Å². The van der Waals surface area contributed by atoms with E-state index < -0.39 is 11.7 Å². The van der Waals surface area contributed by atoms with Gasteiger partial charge in [-0.1, -0.05) is 11.6 Å². The lowest BCUT2D eigenvalue weighted by Crippen LogP contribution is -2.36. The van der Waals surface area contributed by atoms with Crippen molar-refractivity contribution in [1.82, 2.24) is 33.4 Å². The monoisotopic (exact) mass is 472 g/mol. The fourth-order valence-electron chi connectivity index (χ4n) is 3.26. The highest BCUT2D eigenvalue weighted by Gasteiger charge is 2.37. The maximum atomic E-state index is 13.5. The Morgan fingerprint density at radius 2 is 1.84 bits per heavy atom. The number of aryl methyl sites for hydroxylation is 2. The Bertz CT molecular complexity index is 1060. The van der Waals surface area contributed by atoms with Crippen molar-refractivity contribution >= 4 is 29.5 Å². The summed E-state index contributed by atoms with van der Waals surface area (Å²) in [7, 11) is 3.52. The molecule has 0 amide bonds. The van der Waals surface area contributed by atoms with Crippen molar-refractivity contribution in [2.45, 2.75) is 30.1 Å². The van der Waals surface area contributed by atoms with Crippen LogP contribution in [0, 0.1) is 0 Å². The van der Waals surface area contributed by atoms with E-state index in [1.54, 1.807) is 25.3 Å². The van der Waals surface area contributed by atoms with Crippen LogP contribution in [0.3, 0.4) is 0 Å². The van der Waals surface area contributed by atoms with Crippen molar-refractivity contribution in [2.24, 2.45) is 14.1 Å². The number of halogens is 4. The van der Waals surface area contributed by atoms with Gasteiger partial charge in [0.2, 0.25) is 5.95 Å². The second-order valence-electron chi connectivity index (χ2n) is 7.26. The zero-order valence-electron chi connectivity index (χ0n) is 16.8. The molecule has 3 aromatic heterocycles. The van der Waals surface area contributed by atoms with Gasteiger partial charge in [0.25, 0.3) is 0 Å². The summed E-state index contributed by atoms with van der Waals surface area (Å²) in [6.45, 7) is 1.61. The topological polar surface area (TPSA) is 76.7 Å². The van der Waals surface area contributed by atoms with E-state index in [9.17, 15) is 13.2 Å². The van der Waals surface area contributed by atoms with Gasteiger partial charge in [0.1, 0.15) is 27.1 Å². The summed E-state index contributed by atoms with van der Waals surface area (Å²) in [6, 6.07) is 0.0457. The SMILES string of the molecule is Cn1cnc(SN2CCC(Nc3ncc(C(F)(F)F)c(-c4ncn(C)c4Cl)n3)CC2)c1. The molecule has 8 nitrogen and oxygen atoms in total. The summed E-state index contributed by atoms with van der Waals surface area (Å²) in [6.07, 6.45) is 2.81. The van der Waals surface area contributed by atoms with Gasteiger partial charge >= 0.3 is 6.18 Å². The van der Waals surface area contributed by atoms with Crippen LogP contribution in [0.5, 0.6) is 0 Å². The molecule has 1 aliphatic heterocycles. The molecular formula is C18H20ClF3N8S. The molecule has 0 radical (unpaired) electrons. The fourth-order valence-corrected chi connectivity index (χ4v) is 4.40. The lowest BCUT2D eigenvalue weighted by atomic mass is 10.1. The maximum Gasteiger partial charge on any atom is 0.420 e. The molecule has 1 N–H and O–H groups in total. The van der Waals surface area contributed by atoms with Gasteiger partial charge in [-0.15, -0.1) is 0 Å². The minimum atomic E-state index is -4.62. The summed E-state index contributed by atoms with van der Waals surface area (Å²) in [5.41, 5.74) is -1.33. The van der Waals surface area contributed by atoms with E-state index in [4.69, 9.17) is 11.6 Å². The largest absolute Gasteiger partial charge is 0.420 e. The molecule has 31 heavy (non-hydrogen) atoms. The molecule has 4 heterocycles. The molecule has 0 saturated carbocycles. The number of anilines is 1. The Morgan fingerprint density at radius 1 is 1.10 bits per heavy atom. The van der Waals surface area contributed by atoms with Crippen molar-refractivity contribution in [3.63, 3.8) is 0 Å². The smallest absolute Gasteiger partial charge is 0.351 e. The quantitative estimate of drug-likeness (QED) is 0.565. The van der Waals surface area contributed by atoms with E-state index >= 15 is 0 Å². The standard InChI is InChI=1S/C18H20ClF3N8S/c1-28-8-13(24-9-28)31-30-5-3-11(4-6-30)26-17-23-7-12(18(20,21)22)14(27-17)15-16(19)29(2)10-25-15/h7-11H,3-6H2,1-2H3,(H,23,26,27). The summed E-state index contributed by atoms with van der Waals surface area (Å²) in [5.74, 6) is 0.126. The zero-order valence-corrected chi connectivity index (χ0v) is 18.3. The van der Waals surface area contributed by atoms with Crippen LogP contribution in [0.1, 0.15) is 18.4 Å². The van der Waals surface area contributed by atoms with E-state index in [0.29, 0.717) is 0 Å². The molecule has 1 fully saturated rings. The Balaban J connectivity index is 1.47. The first-order valence-corrected chi connectivity index (χ1v) is 10.6. The molecule has 166 valence electrons. The van der Waals surface area contributed by atoms with E-state index in [1.807, 2.05) is 17.8 Å². The van der Waals surface area contributed by atoms with Crippen LogP contribution in [0.2, 0.25) is 5.15 Å². The van der Waals surface area contributed by atoms with Crippen molar-refractivity contribution in [3.05, 3.63) is 35.8 Å². The van der Waals surface area contributed by atoms with E-state index in [-0.39, 0.29) is 28.5 Å². The number of aromatic nitrogens is 6. The predicted molar refractivity (Wildman–Crippen MR) is 112 cm³/mol. The number of nitrogens with zero attached hydrogens (tertiary/aromatic N) is 7. The lowest BCUT2D eigenvalue weighted by molar-refractivity contribution is -0.137. The number of rotatable bonds is 5. The molecule has 4 rings (SSSR count). The molecular weight excluding hydrogens is 453 g/mol. The molecule has 1 saturated heterocycles. The van der Waals surface area contributed by atoms with Gasteiger partial charge in [0, 0.05) is 45.6 Å². The average molecular weight is 473 g/mol. The summed E-state index contributed by atoms with van der Waals surface area (Å²) < 4.78 is 46.0. The number of hydrogen-bond donors (Lipinski definition) is 1. The van der Waals surface area contributed by atoms with Gasteiger partial charge in [-0.2, -0.15) is 13.2 Å². The van der Waals surface area contributed by atoms with Gasteiger partial charge < -0.3 is 14.5 Å². The Hall–Kier alpha value is -2.31. The average Bonchev–Trinajstić information content (AvgIpc) is 3.27. The molecule has 0 unspecified atom stereocenters. The van der Waals surface area contributed by atoms with Crippen LogP contribution in [0.25, 0.3) is 11.4 Å². The van der Waals surface area contributed by atoms with Gasteiger partial charge in [0.15, 0.2) is 0 Å². The minimum Gasteiger partial charge on any atom is -0.351 e. The number of alkyl halides is 3. The molecule has 0 spiro atoms. The number of piperidine rings is 1. The Labute approximate surface area is 186 Å². The summed E-state index contributed by atoms with van der Waals surface area (Å²) >= 11 is 7.73. The molecule has 0 aliphatic carbocycles. The normalized spacial score (nSPS) is 16.1. The first kappa shape index (κ1) is 21.9. The highest BCUT2D eigenvalue weighted by atomic mass is 35.5. The maximum absolute atomic E-state index is 13.5. The molecule has 0 bridgehead atoms. The lowest BCUT2D eigenvalue weighted by Gasteiger charge is -2.30. The molecule has 1 aliphatic rings. The van der Waals surface area contributed by atoms with E-state index in [1.165, 1.54) is 10.9 Å². The summed E-state index contributed by atoms with van der Waals surface area (Å²) in [5, 5.41) is 4.17. The first-order valence-electron chi connectivity index (χ1n) is 9.49. The second kappa shape index (κ2) is 8.67. The van der Waals surface area contributed by atoms with Gasteiger partial charge in [-0.05, 0) is 24.8 Å². The second-order valence-corrected chi connectivity index (χ2v) is 8.74. The molecule has 0 aromatic carbocycles. The van der Waals surface area contributed by atoms with Crippen LogP contribution < -0.4 is 5.32 Å². The third-order valence-electron chi connectivity index (χ3n) is 4.87. The number of nitrogens with one attached hydrogen (secondary N) is 1. The molecule has 3 aromatic rings. The fraction of sp³-hybridized carbons (Fsp3) is 0.444. The third kappa shape index (κ3) is 4.96. The molecule has 0 atom stereocenters. The van der Waals surface area contributed by atoms with Crippen molar-refractivity contribution in [1.29, 1.82) is 0 Å². The highest BCUT2D eigenvalue weighted by Crippen LogP contribution is 2.37. The van der Waals surface area contributed by atoms with Crippen LogP contribution >= 0.6 is 23.5 Å². The Kier molecular flexibility index (Phi) is 6.13. The first-order chi connectivity index (χ1) is 14.7. The van der Waals surface area contributed by atoms with Gasteiger partial charge in [0.05, 0.1) is 12.7 Å². The van der Waals surface area contributed by atoms with E-state index in [0.717, 1.165) is 37.2 Å². The van der Waals surface area contributed by atoms with Crippen LogP contribution in [-0.4, -0.2) is 52.5 Å². The number of hydrogen-bond acceptors (Lipinski definition) is 7. The third-order valence-corrected chi connectivity index (χ3v) is 6.34. The minimum absolute atomic E-state index is 0.0245. The van der Waals surface area contributed by atoms with Crippen LogP contribution in [-0.2, 0) is 20.3 Å². The van der Waals surface area contributed by atoms with Crippen molar-refractivity contribution in [2.75, 3.05) is 18.4 Å². The zero-order chi connectivity index (χ0) is 22.2. The highest BCUT2D eigenvalue weighted by molar-refractivity contribution is 7.97. The van der Waals surface area contributed by atoms with Crippen molar-refractivity contribution in [3.8, 4) is 11.4 Å². The Morgan fingerprint density at radius 3 is 2.42 bits per heavy atom. The van der Waals surface area contributed by atoms with Crippen molar-refractivity contribution < 1.29 is 13.2 Å². The summed E-state index contributed by atoms with van der Waals surface area (Å²) in [4.78, 5) is 16.3. The predicted octanol–water partition coefficient (Wildman–Crippen LogP) is 3.87. The van der Waals surface area contributed by atoms with Crippen LogP contribution in [0.15, 0.2) is 30.1 Å². The van der Waals surface area contributed by atoms with Gasteiger partial charge in [-0.3, -0.25) is 0 Å². The van der Waals surface area contributed by atoms with Gasteiger partial charge in [-0.25, -0.2) is 24.2 Å². The number of imidazole rings is 2. The molecule has 13 heteroatoms. The van der Waals surface area contributed by atoms with E-state index in [2.05, 4.69) is 29.6 Å².